The molecule has 0 fully saturated rings. The Balaban J connectivity index is 0. The predicted octanol–water partition coefficient (Wildman–Crippen LogP) is -3.53. The Morgan fingerprint density at radius 1 is 0.600 bits per heavy atom. The fraction of sp³-hybridized carbons (Fsp3) is 0. The molecule has 0 saturated carbocycles. The molecule has 0 aliphatic carbocycles. The molecular weight excluding hydrogens is 282 g/mol. The summed E-state index contributed by atoms with van der Waals surface area (Å²) in [5, 5.41) is 0. The Labute approximate surface area is 87.1 Å². The second-order valence-corrected chi connectivity index (χ2v) is 0. The van der Waals surface area contributed by atoms with Crippen LogP contribution in [-0.4, -0.2) is 16.4 Å². The molecule has 0 aliphatic heterocycles. The second kappa shape index (κ2) is 34.6. The molecule has 0 radical (unpaired) electrons. The van der Waals surface area contributed by atoms with E-state index in [9.17, 15) is 0 Å². The molecule has 0 saturated heterocycles. The summed E-state index contributed by atoms with van der Waals surface area (Å²) >= 11 is 0. The summed E-state index contributed by atoms with van der Waals surface area (Å²) in [5.74, 6) is 0. The topological polar surface area (TPSA) is 90.0 Å². The Kier molecular flexibility index (Phi) is 395. The molecule has 0 amide bonds. The van der Waals surface area contributed by atoms with Crippen LogP contribution < -0.4 is 51.4 Å². The van der Waals surface area contributed by atoms with E-state index in [4.69, 9.17) is 0 Å². The molecule has 0 aliphatic rings. The standard InChI is InChI=1S/K.3H2O.Pt/h;3*1H2;/q+1;;;;+2/p-3. The molecule has 0 bridgehead atoms. The van der Waals surface area contributed by atoms with Gasteiger partial charge in [-0.05, 0) is 0 Å². The van der Waals surface area contributed by atoms with Gasteiger partial charge in [0, 0.05) is 0 Å². The van der Waals surface area contributed by atoms with Crippen molar-refractivity contribution in [3.05, 3.63) is 0 Å². The van der Waals surface area contributed by atoms with Crippen molar-refractivity contribution in [2.45, 2.75) is 0 Å². The quantitative estimate of drug-likeness (QED) is 0.432. The summed E-state index contributed by atoms with van der Waals surface area (Å²) in [6.07, 6.45) is 0. The summed E-state index contributed by atoms with van der Waals surface area (Å²) < 4.78 is 0. The first kappa shape index (κ1) is 57.1. The Bertz CT molecular complexity index is 6.85. The van der Waals surface area contributed by atoms with E-state index in [1.165, 1.54) is 0 Å². The van der Waals surface area contributed by atoms with Gasteiger partial charge in [0.1, 0.15) is 0 Å². The van der Waals surface area contributed by atoms with Crippen LogP contribution in [0.5, 0.6) is 0 Å². The predicted molar refractivity (Wildman–Crippen MR) is 5.81 cm³/mol. The minimum absolute atomic E-state index is 0. The zero-order valence-corrected chi connectivity index (χ0v) is 8.05. The van der Waals surface area contributed by atoms with Crippen molar-refractivity contribution >= 4 is 0 Å². The summed E-state index contributed by atoms with van der Waals surface area (Å²) in [4.78, 5) is 0. The molecular formula is H3KO3Pt. The van der Waals surface area contributed by atoms with Gasteiger partial charge in [-0.25, -0.2) is 0 Å². The monoisotopic (exact) mass is 285 g/mol. The van der Waals surface area contributed by atoms with Gasteiger partial charge >= 0.3 is 72.4 Å². The molecule has 0 aromatic rings. The zero-order valence-electron chi connectivity index (χ0n) is 2.66. The van der Waals surface area contributed by atoms with Crippen LogP contribution in [0.3, 0.4) is 0 Å². The van der Waals surface area contributed by atoms with Gasteiger partial charge in [-0.3, -0.25) is 0 Å². The fourth-order valence-corrected chi connectivity index (χ4v) is 0. The van der Waals surface area contributed by atoms with E-state index < -0.39 is 0 Å². The number of rotatable bonds is 0. The summed E-state index contributed by atoms with van der Waals surface area (Å²) in [6, 6.07) is 0. The average Bonchev–Trinajstić information content (AvgIpc) is 0. The van der Waals surface area contributed by atoms with Gasteiger partial charge in [-0.2, -0.15) is 0 Å². The normalized spacial score (nSPS) is 0. The van der Waals surface area contributed by atoms with E-state index in [-0.39, 0.29) is 88.9 Å². The molecule has 0 atom stereocenters. The molecule has 5 heteroatoms. The third kappa shape index (κ3) is 22.6. The van der Waals surface area contributed by atoms with Crippen molar-refractivity contribution in [2.75, 3.05) is 0 Å². The van der Waals surface area contributed by atoms with Crippen LogP contribution in [0.25, 0.3) is 0 Å². The first-order chi connectivity index (χ1) is 0. The minimum atomic E-state index is 0. The maximum Gasteiger partial charge on any atom is 2.00 e. The summed E-state index contributed by atoms with van der Waals surface area (Å²) in [7, 11) is 0. The van der Waals surface area contributed by atoms with Crippen molar-refractivity contribution in [2.24, 2.45) is 0 Å². The molecule has 3 N–H and O–H groups in total. The van der Waals surface area contributed by atoms with Crippen LogP contribution in [0.1, 0.15) is 0 Å². The van der Waals surface area contributed by atoms with Gasteiger partial charge < -0.3 is 16.4 Å². The Morgan fingerprint density at radius 3 is 0.600 bits per heavy atom. The van der Waals surface area contributed by atoms with Crippen LogP contribution in [0, 0.1) is 0 Å². The van der Waals surface area contributed by atoms with Crippen molar-refractivity contribution in [1.82, 2.24) is 0 Å². The van der Waals surface area contributed by atoms with E-state index in [1.807, 2.05) is 0 Å². The van der Waals surface area contributed by atoms with Gasteiger partial charge in [-0.15, -0.1) is 0 Å². The van der Waals surface area contributed by atoms with Crippen LogP contribution in [0.4, 0.5) is 0 Å². The largest absolute Gasteiger partial charge is 2.00 e. The van der Waals surface area contributed by atoms with Gasteiger partial charge in [0.25, 0.3) is 0 Å². The number of hydrogen-bond acceptors (Lipinski definition) is 3. The first-order valence-corrected chi connectivity index (χ1v) is 0. The smallest absolute Gasteiger partial charge is 0.870 e. The van der Waals surface area contributed by atoms with E-state index >= 15 is 0 Å². The van der Waals surface area contributed by atoms with Crippen LogP contribution in [-0.2, 0) is 21.1 Å². The summed E-state index contributed by atoms with van der Waals surface area (Å²) in [6.45, 7) is 0. The molecule has 0 rings (SSSR count). The maximum atomic E-state index is 0. The summed E-state index contributed by atoms with van der Waals surface area (Å²) in [5.41, 5.74) is 0. The zero-order chi connectivity index (χ0) is 0. The minimum Gasteiger partial charge on any atom is -0.870 e. The van der Waals surface area contributed by atoms with Crippen molar-refractivity contribution in [1.29, 1.82) is 0 Å². The van der Waals surface area contributed by atoms with Gasteiger partial charge in [0.15, 0.2) is 0 Å². The maximum absolute atomic E-state index is 0. The van der Waals surface area contributed by atoms with E-state index in [0.29, 0.717) is 0 Å². The molecule has 0 aromatic carbocycles. The molecule has 0 aromatic heterocycles. The Morgan fingerprint density at radius 2 is 0.600 bits per heavy atom. The van der Waals surface area contributed by atoms with E-state index in [2.05, 4.69) is 0 Å². The fourth-order valence-electron chi connectivity index (χ4n) is 0. The van der Waals surface area contributed by atoms with Crippen molar-refractivity contribution in [3.8, 4) is 0 Å². The molecule has 0 heterocycles. The van der Waals surface area contributed by atoms with Crippen molar-refractivity contribution < 1.29 is 88.9 Å². The molecule has 32 valence electrons. The molecule has 5 heavy (non-hydrogen) atoms. The van der Waals surface area contributed by atoms with Gasteiger partial charge in [0.2, 0.25) is 0 Å². The number of hydrogen-bond donors (Lipinski definition) is 0. The third-order valence-corrected chi connectivity index (χ3v) is 0. The van der Waals surface area contributed by atoms with Crippen LogP contribution >= 0.6 is 0 Å². The SMILES string of the molecule is [K+].[OH-].[OH-].[OH-].[Pt+2]. The van der Waals surface area contributed by atoms with Gasteiger partial charge in [-0.1, -0.05) is 0 Å². The molecule has 3 nitrogen and oxygen atoms in total. The van der Waals surface area contributed by atoms with E-state index in [0.717, 1.165) is 0 Å². The average molecular weight is 285 g/mol. The van der Waals surface area contributed by atoms with Crippen molar-refractivity contribution in [3.63, 3.8) is 0 Å². The van der Waals surface area contributed by atoms with Gasteiger partial charge in [0.05, 0.1) is 0 Å². The third-order valence-electron chi connectivity index (χ3n) is 0. The second-order valence-electron chi connectivity index (χ2n) is 0. The van der Waals surface area contributed by atoms with Crippen LogP contribution in [0.15, 0.2) is 0 Å². The Hall–Kier alpha value is 2.20. The van der Waals surface area contributed by atoms with E-state index in [1.54, 1.807) is 0 Å². The first-order valence-electron chi connectivity index (χ1n) is 0. The molecule has 0 unspecified atom stereocenters. The molecule has 0 spiro atoms. The van der Waals surface area contributed by atoms with Crippen LogP contribution in [0.2, 0.25) is 0 Å².